The van der Waals surface area contributed by atoms with Gasteiger partial charge in [-0.2, -0.15) is 0 Å². The van der Waals surface area contributed by atoms with Crippen LogP contribution in [0.5, 0.6) is 0 Å². The van der Waals surface area contributed by atoms with Crippen LogP contribution in [-0.4, -0.2) is 12.6 Å². The Hall–Kier alpha value is -0.0400. The summed E-state index contributed by atoms with van der Waals surface area (Å²) in [6, 6.07) is 0.791. The average molecular weight is 197 g/mol. The van der Waals surface area contributed by atoms with Gasteiger partial charge in [0.25, 0.3) is 0 Å². The molecule has 0 radical (unpaired) electrons. The standard InChI is InChI=1S/C13H27N/c1-5-12(10(3)4)13(14-6-2)11-8-7-9-11/h10-14H,5-9H2,1-4H3. The second kappa shape index (κ2) is 5.75. The fourth-order valence-corrected chi connectivity index (χ4v) is 2.84. The van der Waals surface area contributed by atoms with Crippen LogP contribution >= 0.6 is 0 Å². The molecule has 0 bridgehead atoms. The molecule has 0 saturated heterocycles. The molecule has 0 aliphatic heterocycles. The Kier molecular flexibility index (Phi) is 4.94. The van der Waals surface area contributed by atoms with Crippen molar-refractivity contribution in [3.8, 4) is 0 Å². The summed E-state index contributed by atoms with van der Waals surface area (Å²) in [7, 11) is 0. The van der Waals surface area contributed by atoms with E-state index in [1.165, 1.54) is 25.7 Å². The molecule has 0 heterocycles. The van der Waals surface area contributed by atoms with Gasteiger partial charge in [0.1, 0.15) is 0 Å². The maximum absolute atomic E-state index is 3.72. The minimum Gasteiger partial charge on any atom is -0.314 e. The summed E-state index contributed by atoms with van der Waals surface area (Å²) in [5.74, 6) is 2.67. The van der Waals surface area contributed by atoms with Gasteiger partial charge in [-0.25, -0.2) is 0 Å². The van der Waals surface area contributed by atoms with Crippen LogP contribution in [0.1, 0.15) is 53.4 Å². The number of rotatable bonds is 6. The maximum Gasteiger partial charge on any atom is 0.0126 e. The molecule has 0 aromatic rings. The molecule has 1 aliphatic carbocycles. The van der Waals surface area contributed by atoms with Gasteiger partial charge in [-0.05, 0) is 37.1 Å². The Morgan fingerprint density at radius 2 is 1.86 bits per heavy atom. The zero-order chi connectivity index (χ0) is 10.6. The summed E-state index contributed by atoms with van der Waals surface area (Å²) >= 11 is 0. The van der Waals surface area contributed by atoms with Crippen molar-refractivity contribution in [2.45, 2.75) is 59.4 Å². The molecule has 1 heteroatoms. The minimum absolute atomic E-state index is 0.791. The Balaban J connectivity index is 2.53. The van der Waals surface area contributed by atoms with Gasteiger partial charge in [0, 0.05) is 6.04 Å². The van der Waals surface area contributed by atoms with Crippen LogP contribution in [0.3, 0.4) is 0 Å². The van der Waals surface area contributed by atoms with Crippen molar-refractivity contribution in [2.24, 2.45) is 17.8 Å². The van der Waals surface area contributed by atoms with E-state index in [2.05, 4.69) is 33.0 Å². The van der Waals surface area contributed by atoms with E-state index in [0.717, 1.165) is 30.3 Å². The van der Waals surface area contributed by atoms with Crippen molar-refractivity contribution < 1.29 is 0 Å². The molecular weight excluding hydrogens is 170 g/mol. The van der Waals surface area contributed by atoms with Crippen LogP contribution < -0.4 is 5.32 Å². The predicted molar refractivity (Wildman–Crippen MR) is 63.4 cm³/mol. The van der Waals surface area contributed by atoms with Gasteiger partial charge in [-0.15, -0.1) is 0 Å². The predicted octanol–water partition coefficient (Wildman–Crippen LogP) is 3.45. The zero-order valence-corrected chi connectivity index (χ0v) is 10.3. The molecule has 1 N–H and O–H groups in total. The Labute approximate surface area is 89.7 Å². The minimum atomic E-state index is 0.791. The molecule has 84 valence electrons. The fraction of sp³-hybridized carbons (Fsp3) is 1.00. The average Bonchev–Trinajstić information content (AvgIpc) is 2.01. The van der Waals surface area contributed by atoms with E-state index in [1.807, 2.05) is 0 Å². The second-order valence-corrected chi connectivity index (χ2v) is 5.09. The van der Waals surface area contributed by atoms with Crippen molar-refractivity contribution in [3.63, 3.8) is 0 Å². The Morgan fingerprint density at radius 1 is 1.21 bits per heavy atom. The SMILES string of the molecule is CCNC(C1CCC1)C(CC)C(C)C. The summed E-state index contributed by atoms with van der Waals surface area (Å²) in [5.41, 5.74) is 0. The first kappa shape index (κ1) is 12.0. The first-order chi connectivity index (χ1) is 6.70. The number of nitrogens with one attached hydrogen (secondary N) is 1. The lowest BCUT2D eigenvalue weighted by Crippen LogP contribution is -2.46. The first-order valence-electron chi connectivity index (χ1n) is 6.44. The second-order valence-electron chi connectivity index (χ2n) is 5.09. The van der Waals surface area contributed by atoms with Gasteiger partial charge in [-0.3, -0.25) is 0 Å². The Bertz CT molecular complexity index is 149. The molecule has 0 amide bonds. The number of hydrogen-bond donors (Lipinski definition) is 1. The van der Waals surface area contributed by atoms with Gasteiger partial charge in [0.15, 0.2) is 0 Å². The third-order valence-electron chi connectivity index (χ3n) is 3.89. The molecule has 0 spiro atoms. The van der Waals surface area contributed by atoms with E-state index in [1.54, 1.807) is 0 Å². The van der Waals surface area contributed by atoms with E-state index in [0.29, 0.717) is 0 Å². The van der Waals surface area contributed by atoms with Crippen molar-refractivity contribution in [3.05, 3.63) is 0 Å². The first-order valence-corrected chi connectivity index (χ1v) is 6.44. The molecule has 1 rings (SSSR count). The number of hydrogen-bond acceptors (Lipinski definition) is 1. The molecule has 14 heavy (non-hydrogen) atoms. The van der Waals surface area contributed by atoms with Gasteiger partial charge in [-0.1, -0.05) is 40.5 Å². The van der Waals surface area contributed by atoms with Crippen molar-refractivity contribution in [1.29, 1.82) is 0 Å². The highest BCUT2D eigenvalue weighted by Crippen LogP contribution is 2.36. The van der Waals surface area contributed by atoms with E-state index in [-0.39, 0.29) is 0 Å². The molecule has 1 saturated carbocycles. The largest absolute Gasteiger partial charge is 0.314 e. The quantitative estimate of drug-likeness (QED) is 0.688. The summed E-state index contributed by atoms with van der Waals surface area (Å²) < 4.78 is 0. The van der Waals surface area contributed by atoms with Crippen molar-refractivity contribution >= 4 is 0 Å². The molecular formula is C13H27N. The smallest absolute Gasteiger partial charge is 0.0126 e. The molecule has 1 aliphatic rings. The molecule has 1 fully saturated rings. The summed E-state index contributed by atoms with van der Waals surface area (Å²) in [4.78, 5) is 0. The highest BCUT2D eigenvalue weighted by Gasteiger charge is 2.32. The van der Waals surface area contributed by atoms with Gasteiger partial charge in [0.2, 0.25) is 0 Å². The van der Waals surface area contributed by atoms with Gasteiger partial charge in [0.05, 0.1) is 0 Å². The van der Waals surface area contributed by atoms with Crippen LogP contribution in [0.25, 0.3) is 0 Å². The molecule has 2 unspecified atom stereocenters. The highest BCUT2D eigenvalue weighted by molar-refractivity contribution is 4.88. The molecule has 1 nitrogen and oxygen atoms in total. The van der Waals surface area contributed by atoms with E-state index in [4.69, 9.17) is 0 Å². The van der Waals surface area contributed by atoms with Gasteiger partial charge < -0.3 is 5.32 Å². The lowest BCUT2D eigenvalue weighted by atomic mass is 9.71. The maximum atomic E-state index is 3.72. The topological polar surface area (TPSA) is 12.0 Å². The van der Waals surface area contributed by atoms with E-state index < -0.39 is 0 Å². The van der Waals surface area contributed by atoms with E-state index in [9.17, 15) is 0 Å². The van der Waals surface area contributed by atoms with Crippen LogP contribution in [0.15, 0.2) is 0 Å². The highest BCUT2D eigenvalue weighted by atomic mass is 14.9. The lowest BCUT2D eigenvalue weighted by Gasteiger charge is -2.40. The molecule has 0 aromatic carbocycles. The van der Waals surface area contributed by atoms with E-state index >= 15 is 0 Å². The van der Waals surface area contributed by atoms with Crippen molar-refractivity contribution in [2.75, 3.05) is 6.54 Å². The summed E-state index contributed by atoms with van der Waals surface area (Å²) in [6.45, 7) is 10.4. The van der Waals surface area contributed by atoms with Gasteiger partial charge >= 0.3 is 0 Å². The summed E-state index contributed by atoms with van der Waals surface area (Å²) in [5, 5.41) is 3.72. The van der Waals surface area contributed by atoms with Crippen molar-refractivity contribution in [1.82, 2.24) is 5.32 Å². The summed E-state index contributed by atoms with van der Waals surface area (Å²) in [6.07, 6.45) is 5.70. The molecule has 2 atom stereocenters. The molecule has 0 aromatic heterocycles. The third-order valence-corrected chi connectivity index (χ3v) is 3.89. The fourth-order valence-electron chi connectivity index (χ4n) is 2.84. The van der Waals surface area contributed by atoms with Crippen LogP contribution in [0.2, 0.25) is 0 Å². The lowest BCUT2D eigenvalue weighted by molar-refractivity contribution is 0.143. The zero-order valence-electron chi connectivity index (χ0n) is 10.3. The Morgan fingerprint density at radius 3 is 2.14 bits per heavy atom. The monoisotopic (exact) mass is 197 g/mol. The normalized spacial score (nSPS) is 22.1. The van der Waals surface area contributed by atoms with Crippen LogP contribution in [0, 0.1) is 17.8 Å². The third kappa shape index (κ3) is 2.73. The van der Waals surface area contributed by atoms with Crippen LogP contribution in [-0.2, 0) is 0 Å². The van der Waals surface area contributed by atoms with Crippen LogP contribution in [0.4, 0.5) is 0 Å².